The maximum Gasteiger partial charge on any atom is 0.299 e. The maximum absolute atomic E-state index is 13.2. The molecule has 3 atom stereocenters. The molecule has 0 spiro atoms. The number of carbonyl (C=O) groups is 2. The minimum atomic E-state index is -0.404. The lowest BCUT2D eigenvalue weighted by molar-refractivity contribution is -0.119. The summed E-state index contributed by atoms with van der Waals surface area (Å²) in [6.07, 6.45) is 7.58. The summed E-state index contributed by atoms with van der Waals surface area (Å²) in [5.41, 5.74) is 7.17. The van der Waals surface area contributed by atoms with E-state index in [4.69, 9.17) is 10.2 Å². The van der Waals surface area contributed by atoms with E-state index in [1.54, 1.807) is 6.07 Å². The van der Waals surface area contributed by atoms with Gasteiger partial charge in [0.15, 0.2) is 5.58 Å². The number of rotatable bonds is 4. The van der Waals surface area contributed by atoms with E-state index in [0.29, 0.717) is 35.6 Å². The molecule has 2 aliphatic carbocycles. The predicted octanol–water partition coefficient (Wildman–Crippen LogP) is 3.23. The van der Waals surface area contributed by atoms with Gasteiger partial charge in [0.25, 0.3) is 11.9 Å². The van der Waals surface area contributed by atoms with Gasteiger partial charge in [-0.2, -0.15) is 4.98 Å². The molecule has 160 valence electrons. The van der Waals surface area contributed by atoms with Gasteiger partial charge < -0.3 is 20.4 Å². The van der Waals surface area contributed by atoms with Crippen LogP contribution in [0.5, 0.6) is 0 Å². The van der Waals surface area contributed by atoms with E-state index in [9.17, 15) is 9.59 Å². The van der Waals surface area contributed by atoms with E-state index in [2.05, 4.69) is 17.2 Å². The lowest BCUT2D eigenvalue weighted by Gasteiger charge is -2.44. The van der Waals surface area contributed by atoms with Crippen molar-refractivity contribution in [1.82, 2.24) is 10.3 Å². The van der Waals surface area contributed by atoms with Gasteiger partial charge >= 0.3 is 0 Å². The Morgan fingerprint density at radius 1 is 1.17 bits per heavy atom. The van der Waals surface area contributed by atoms with Gasteiger partial charge in [0.1, 0.15) is 11.6 Å². The summed E-state index contributed by atoms with van der Waals surface area (Å²) in [5.74, 6) is 1.75. The van der Waals surface area contributed by atoms with E-state index in [-0.39, 0.29) is 17.9 Å². The number of hydrogen-bond acceptors (Lipinski definition) is 5. The number of primary amides is 1. The smallest absolute Gasteiger partial charge is 0.299 e. The zero-order valence-corrected chi connectivity index (χ0v) is 17.5. The first-order chi connectivity index (χ1) is 14.5. The van der Waals surface area contributed by atoms with Crippen LogP contribution in [0.15, 0.2) is 22.6 Å². The Bertz CT molecular complexity index is 957. The van der Waals surface area contributed by atoms with Crippen LogP contribution >= 0.6 is 0 Å². The number of aromatic nitrogens is 1. The van der Waals surface area contributed by atoms with Crippen LogP contribution in [0.3, 0.4) is 0 Å². The number of fused-ring (bicyclic) bond motifs is 3. The number of para-hydroxylation sites is 1. The largest absolute Gasteiger partial charge is 0.423 e. The molecule has 1 aromatic carbocycles. The molecule has 3 N–H and O–H groups in total. The molecular weight excluding hydrogens is 380 g/mol. The van der Waals surface area contributed by atoms with Crippen LogP contribution < -0.4 is 16.0 Å². The number of amides is 2. The fourth-order valence-electron chi connectivity index (χ4n) is 5.96. The van der Waals surface area contributed by atoms with E-state index in [0.717, 1.165) is 37.0 Å². The first kappa shape index (κ1) is 19.4. The lowest BCUT2D eigenvalue weighted by Crippen LogP contribution is -2.45. The Hall–Kier alpha value is -2.57. The molecule has 2 saturated carbocycles. The first-order valence-corrected chi connectivity index (χ1v) is 11.3. The van der Waals surface area contributed by atoms with E-state index in [1.165, 1.54) is 19.3 Å². The average molecular weight is 411 g/mol. The van der Waals surface area contributed by atoms with Crippen molar-refractivity contribution in [3.8, 4) is 0 Å². The van der Waals surface area contributed by atoms with Crippen LogP contribution in [0.4, 0.5) is 6.01 Å². The third-order valence-corrected chi connectivity index (χ3v) is 7.63. The molecule has 3 aliphatic rings. The van der Waals surface area contributed by atoms with E-state index < -0.39 is 6.04 Å². The molecule has 7 heteroatoms. The number of carbonyl (C=O) groups excluding carboxylic acids is 2. The fourth-order valence-corrected chi connectivity index (χ4v) is 5.96. The predicted molar refractivity (Wildman–Crippen MR) is 114 cm³/mol. The van der Waals surface area contributed by atoms with Crippen LogP contribution in [-0.2, 0) is 4.79 Å². The molecule has 1 saturated heterocycles. The summed E-state index contributed by atoms with van der Waals surface area (Å²) in [4.78, 5) is 31.3. The minimum absolute atomic E-state index is 0.0917. The van der Waals surface area contributed by atoms with E-state index in [1.807, 2.05) is 17.0 Å². The Balaban J connectivity index is 1.37. The summed E-state index contributed by atoms with van der Waals surface area (Å²) < 4.78 is 5.91. The zero-order valence-electron chi connectivity index (χ0n) is 17.5. The zero-order chi connectivity index (χ0) is 20.8. The monoisotopic (exact) mass is 410 g/mol. The summed E-state index contributed by atoms with van der Waals surface area (Å²) in [7, 11) is 0. The molecule has 2 bridgehead atoms. The van der Waals surface area contributed by atoms with Gasteiger partial charge in [-0.05, 0) is 55.6 Å². The van der Waals surface area contributed by atoms with Crippen molar-refractivity contribution in [2.45, 2.75) is 64.0 Å². The molecule has 7 nitrogen and oxygen atoms in total. The number of oxazole rings is 1. The standard InChI is InChI=1S/C23H30N4O3/c1-13-14-5-2-6-15(13)12-16(11-14)25-22(29)17-7-3-9-19-20(17)26-23(30-19)27-10-4-8-18(27)21(24)28/h3,7,9,13-16,18H,2,4-6,8,10-12H2,1H3,(H2,24,28)(H,25,29). The Kier molecular flexibility index (Phi) is 4.91. The van der Waals surface area contributed by atoms with Gasteiger partial charge in [-0.25, -0.2) is 0 Å². The van der Waals surface area contributed by atoms with Crippen molar-refractivity contribution in [2.75, 3.05) is 11.4 Å². The molecule has 5 rings (SSSR count). The average Bonchev–Trinajstić information content (AvgIpc) is 3.35. The number of nitrogens with one attached hydrogen (secondary N) is 1. The van der Waals surface area contributed by atoms with Crippen molar-refractivity contribution in [3.63, 3.8) is 0 Å². The minimum Gasteiger partial charge on any atom is -0.423 e. The second kappa shape index (κ2) is 7.60. The van der Waals surface area contributed by atoms with Crippen molar-refractivity contribution < 1.29 is 14.0 Å². The van der Waals surface area contributed by atoms with Gasteiger partial charge in [0, 0.05) is 12.6 Å². The molecule has 2 heterocycles. The molecule has 3 unspecified atom stereocenters. The quantitative estimate of drug-likeness (QED) is 0.806. The van der Waals surface area contributed by atoms with Crippen molar-refractivity contribution in [3.05, 3.63) is 23.8 Å². The first-order valence-electron chi connectivity index (χ1n) is 11.3. The SMILES string of the molecule is CC1C2CCCC1CC(NC(=O)c1cccc3oc(N4CCCC4C(N)=O)nc13)C2. The highest BCUT2D eigenvalue weighted by Crippen LogP contribution is 2.44. The normalized spacial score (nSPS) is 31.1. The van der Waals surface area contributed by atoms with Crippen LogP contribution in [0, 0.1) is 17.8 Å². The summed E-state index contributed by atoms with van der Waals surface area (Å²) >= 11 is 0. The molecule has 2 aromatic rings. The highest BCUT2D eigenvalue weighted by molar-refractivity contribution is 6.05. The van der Waals surface area contributed by atoms with Crippen LogP contribution in [0.1, 0.15) is 62.2 Å². The third kappa shape index (κ3) is 3.34. The molecular formula is C23H30N4O3. The molecule has 0 radical (unpaired) electrons. The number of anilines is 1. The highest BCUT2D eigenvalue weighted by atomic mass is 16.4. The van der Waals surface area contributed by atoms with Gasteiger partial charge in [-0.1, -0.05) is 32.3 Å². The number of hydrogen-bond donors (Lipinski definition) is 2. The van der Waals surface area contributed by atoms with Crippen molar-refractivity contribution in [2.24, 2.45) is 23.5 Å². The third-order valence-electron chi connectivity index (χ3n) is 7.63. The van der Waals surface area contributed by atoms with Gasteiger partial charge in [0.2, 0.25) is 5.91 Å². The second-order valence-corrected chi connectivity index (χ2v) is 9.35. The van der Waals surface area contributed by atoms with Crippen LogP contribution in [0.2, 0.25) is 0 Å². The Morgan fingerprint density at radius 2 is 1.93 bits per heavy atom. The fraction of sp³-hybridized carbons (Fsp3) is 0.609. The van der Waals surface area contributed by atoms with Gasteiger partial charge in [-0.15, -0.1) is 0 Å². The Morgan fingerprint density at radius 3 is 2.67 bits per heavy atom. The second-order valence-electron chi connectivity index (χ2n) is 9.35. The lowest BCUT2D eigenvalue weighted by atomic mass is 9.64. The number of nitrogens with two attached hydrogens (primary N) is 1. The van der Waals surface area contributed by atoms with Gasteiger partial charge in [-0.3, -0.25) is 9.59 Å². The topological polar surface area (TPSA) is 101 Å². The molecule has 1 aromatic heterocycles. The van der Waals surface area contributed by atoms with Crippen molar-refractivity contribution in [1.29, 1.82) is 0 Å². The van der Waals surface area contributed by atoms with Crippen molar-refractivity contribution >= 4 is 28.9 Å². The van der Waals surface area contributed by atoms with Crippen LogP contribution in [-0.4, -0.2) is 35.4 Å². The molecule has 30 heavy (non-hydrogen) atoms. The molecule has 2 amide bonds. The number of nitrogens with zero attached hydrogens (tertiary/aromatic N) is 2. The summed E-state index contributed by atoms with van der Waals surface area (Å²) in [6.45, 7) is 3.05. The van der Waals surface area contributed by atoms with Crippen LogP contribution in [0.25, 0.3) is 11.1 Å². The summed E-state index contributed by atoms with van der Waals surface area (Å²) in [6, 6.07) is 5.62. The molecule has 3 fully saturated rings. The Labute approximate surface area is 176 Å². The van der Waals surface area contributed by atoms with E-state index >= 15 is 0 Å². The maximum atomic E-state index is 13.2. The summed E-state index contributed by atoms with van der Waals surface area (Å²) in [5, 5.41) is 3.27. The van der Waals surface area contributed by atoms with Gasteiger partial charge in [0.05, 0.1) is 5.56 Å². The number of benzene rings is 1. The molecule has 1 aliphatic heterocycles. The highest BCUT2D eigenvalue weighted by Gasteiger charge is 2.38.